The van der Waals surface area contributed by atoms with Gasteiger partial charge in [0.1, 0.15) is 11.6 Å². The fraction of sp³-hybridized carbons (Fsp3) is 0.250. The quantitative estimate of drug-likeness (QED) is 0.924. The maximum atomic E-state index is 13.5. The third-order valence-corrected chi connectivity index (χ3v) is 2.49. The van der Waals surface area contributed by atoms with Crippen LogP contribution >= 0.6 is 24.8 Å². The summed E-state index contributed by atoms with van der Waals surface area (Å²) in [7, 11) is 1.54. The summed E-state index contributed by atoms with van der Waals surface area (Å²) in [5.74, 6) is 0.109. The van der Waals surface area contributed by atoms with Crippen molar-refractivity contribution in [2.45, 2.75) is 13.0 Å². The summed E-state index contributed by atoms with van der Waals surface area (Å²) in [6.45, 7) is 1.53. The second-order valence-corrected chi connectivity index (χ2v) is 3.58. The maximum absolute atomic E-state index is 13.5. The van der Waals surface area contributed by atoms with Gasteiger partial charge in [0, 0.05) is 10.9 Å². The molecular formula is C12H14Cl2FNO2. The topological polar surface area (TPSA) is 42.4 Å². The minimum absolute atomic E-state index is 0. The average molecular weight is 294 g/mol. The second-order valence-electron chi connectivity index (χ2n) is 3.58. The molecule has 1 N–H and O–H groups in total. The molecule has 100 valence electrons. The van der Waals surface area contributed by atoms with Crippen LogP contribution in [-0.4, -0.2) is 17.2 Å². The second kappa shape index (κ2) is 6.73. The molecule has 0 bridgehead atoms. The zero-order valence-corrected chi connectivity index (χ0v) is 11.5. The van der Waals surface area contributed by atoms with Crippen molar-refractivity contribution in [3.05, 3.63) is 35.8 Å². The zero-order chi connectivity index (χ0) is 11.7. The lowest BCUT2D eigenvalue weighted by atomic mass is 10.0. The number of rotatable bonds is 2. The number of ether oxygens (including phenoxy) is 1. The van der Waals surface area contributed by atoms with Crippen molar-refractivity contribution in [1.29, 1.82) is 0 Å². The van der Waals surface area contributed by atoms with Crippen molar-refractivity contribution in [3.63, 3.8) is 0 Å². The van der Waals surface area contributed by atoms with E-state index < -0.39 is 11.9 Å². The van der Waals surface area contributed by atoms with Gasteiger partial charge in [-0.1, -0.05) is 0 Å². The van der Waals surface area contributed by atoms with Gasteiger partial charge in [0.15, 0.2) is 0 Å². The van der Waals surface area contributed by atoms with Crippen LogP contribution in [0.2, 0.25) is 0 Å². The molecule has 0 radical (unpaired) electrons. The molecule has 6 heteroatoms. The van der Waals surface area contributed by atoms with E-state index >= 15 is 0 Å². The molecular weight excluding hydrogens is 280 g/mol. The van der Waals surface area contributed by atoms with E-state index in [0.29, 0.717) is 16.7 Å². The summed E-state index contributed by atoms with van der Waals surface area (Å²) in [5.41, 5.74) is 0.891. The molecule has 1 heterocycles. The molecule has 0 amide bonds. The first-order valence-electron chi connectivity index (χ1n) is 4.93. The van der Waals surface area contributed by atoms with E-state index in [0.717, 1.165) is 6.20 Å². The van der Waals surface area contributed by atoms with Crippen LogP contribution in [0, 0.1) is 5.82 Å². The Labute approximate surface area is 117 Å². The summed E-state index contributed by atoms with van der Waals surface area (Å²) < 4.78 is 18.6. The third-order valence-electron chi connectivity index (χ3n) is 2.49. The van der Waals surface area contributed by atoms with E-state index in [-0.39, 0.29) is 30.4 Å². The predicted octanol–water partition coefficient (Wildman–Crippen LogP) is 3.28. The molecule has 18 heavy (non-hydrogen) atoms. The first kappa shape index (κ1) is 16.9. The van der Waals surface area contributed by atoms with Crippen LogP contribution < -0.4 is 4.74 Å². The number of aliphatic hydroxyl groups excluding tert-OH is 1. The number of benzene rings is 1. The standard InChI is InChI=1S/C12H12FNO2.2ClH/c1-7(15)12-9-5-8(16-2)3-4-11(9)14-6-10(12)13;;/h3-7,15H,1-2H3;2*1H. The number of pyridine rings is 1. The number of methoxy groups -OCH3 is 1. The molecule has 0 aliphatic heterocycles. The van der Waals surface area contributed by atoms with E-state index in [4.69, 9.17) is 4.74 Å². The van der Waals surface area contributed by atoms with Crippen molar-refractivity contribution in [2.24, 2.45) is 0 Å². The van der Waals surface area contributed by atoms with E-state index in [1.54, 1.807) is 18.2 Å². The van der Waals surface area contributed by atoms with Gasteiger partial charge in [-0.05, 0) is 25.1 Å². The highest BCUT2D eigenvalue weighted by atomic mass is 35.5. The van der Waals surface area contributed by atoms with Crippen LogP contribution in [0.25, 0.3) is 10.9 Å². The summed E-state index contributed by atoms with van der Waals surface area (Å²) in [6.07, 6.45) is 0.245. The molecule has 0 aliphatic rings. The molecule has 1 atom stereocenters. The zero-order valence-electron chi connectivity index (χ0n) is 9.88. The van der Waals surface area contributed by atoms with Gasteiger partial charge in [-0.3, -0.25) is 4.98 Å². The van der Waals surface area contributed by atoms with Gasteiger partial charge < -0.3 is 9.84 Å². The first-order chi connectivity index (χ1) is 7.63. The fourth-order valence-electron chi connectivity index (χ4n) is 1.72. The van der Waals surface area contributed by atoms with Crippen LogP contribution in [0.1, 0.15) is 18.6 Å². The molecule has 1 aromatic heterocycles. The molecule has 0 saturated heterocycles. The highest BCUT2D eigenvalue weighted by Gasteiger charge is 2.13. The van der Waals surface area contributed by atoms with Gasteiger partial charge in [-0.2, -0.15) is 0 Å². The Morgan fingerprint density at radius 2 is 2.00 bits per heavy atom. The Bertz CT molecular complexity index is 535. The fourth-order valence-corrected chi connectivity index (χ4v) is 1.72. The van der Waals surface area contributed by atoms with Gasteiger partial charge in [0.25, 0.3) is 0 Å². The van der Waals surface area contributed by atoms with E-state index in [1.807, 2.05) is 0 Å². The van der Waals surface area contributed by atoms with E-state index in [9.17, 15) is 9.50 Å². The summed E-state index contributed by atoms with van der Waals surface area (Å²) >= 11 is 0. The Kier molecular flexibility index (Phi) is 6.32. The lowest BCUT2D eigenvalue weighted by Gasteiger charge is -2.10. The van der Waals surface area contributed by atoms with Gasteiger partial charge in [-0.15, -0.1) is 24.8 Å². The smallest absolute Gasteiger partial charge is 0.147 e. The summed E-state index contributed by atoms with van der Waals surface area (Å²) in [6, 6.07) is 5.16. The third kappa shape index (κ3) is 3.02. The lowest BCUT2D eigenvalue weighted by molar-refractivity contribution is 0.196. The van der Waals surface area contributed by atoms with Crippen LogP contribution in [0.5, 0.6) is 5.75 Å². The minimum atomic E-state index is -0.877. The average Bonchev–Trinajstić information content (AvgIpc) is 2.27. The van der Waals surface area contributed by atoms with Crippen LogP contribution in [0.3, 0.4) is 0 Å². The molecule has 2 aromatic rings. The van der Waals surface area contributed by atoms with Crippen LogP contribution in [0.15, 0.2) is 24.4 Å². The molecule has 3 nitrogen and oxygen atoms in total. The summed E-state index contributed by atoms with van der Waals surface area (Å²) in [4.78, 5) is 3.96. The van der Waals surface area contributed by atoms with E-state index in [1.165, 1.54) is 14.0 Å². The molecule has 1 unspecified atom stereocenters. The number of aromatic nitrogens is 1. The van der Waals surface area contributed by atoms with Gasteiger partial charge in [-0.25, -0.2) is 4.39 Å². The molecule has 0 fully saturated rings. The van der Waals surface area contributed by atoms with Crippen molar-refractivity contribution in [2.75, 3.05) is 7.11 Å². The number of halogens is 3. The molecule has 2 rings (SSSR count). The minimum Gasteiger partial charge on any atom is -0.497 e. The van der Waals surface area contributed by atoms with Crippen LogP contribution in [-0.2, 0) is 0 Å². The van der Waals surface area contributed by atoms with Gasteiger partial charge in [0.05, 0.1) is 24.9 Å². The Morgan fingerprint density at radius 3 is 2.56 bits per heavy atom. The van der Waals surface area contributed by atoms with Gasteiger partial charge >= 0.3 is 0 Å². The molecule has 0 aliphatic carbocycles. The summed E-state index contributed by atoms with van der Waals surface area (Å²) in [5, 5.41) is 10.1. The van der Waals surface area contributed by atoms with Crippen molar-refractivity contribution < 1.29 is 14.2 Å². The highest BCUT2D eigenvalue weighted by Crippen LogP contribution is 2.28. The number of nitrogens with zero attached hydrogens (tertiary/aromatic N) is 1. The van der Waals surface area contributed by atoms with Crippen LogP contribution in [0.4, 0.5) is 4.39 Å². The van der Waals surface area contributed by atoms with Crippen molar-refractivity contribution in [1.82, 2.24) is 4.98 Å². The number of fused-ring (bicyclic) bond motifs is 1. The molecule has 0 spiro atoms. The first-order valence-corrected chi connectivity index (χ1v) is 4.93. The Morgan fingerprint density at radius 1 is 1.33 bits per heavy atom. The monoisotopic (exact) mass is 293 g/mol. The highest BCUT2D eigenvalue weighted by molar-refractivity contribution is 5.85. The predicted molar refractivity (Wildman–Crippen MR) is 73.4 cm³/mol. The number of hydrogen-bond donors (Lipinski definition) is 1. The number of aliphatic hydroxyl groups is 1. The van der Waals surface area contributed by atoms with Crippen molar-refractivity contribution in [3.8, 4) is 5.75 Å². The largest absolute Gasteiger partial charge is 0.497 e. The SMILES string of the molecule is COc1ccc2ncc(F)c(C(C)O)c2c1.Cl.Cl. The molecule has 0 saturated carbocycles. The lowest BCUT2D eigenvalue weighted by Crippen LogP contribution is -1.99. The van der Waals surface area contributed by atoms with Gasteiger partial charge in [0.2, 0.25) is 0 Å². The molecule has 1 aromatic carbocycles. The van der Waals surface area contributed by atoms with E-state index in [2.05, 4.69) is 4.98 Å². The Hall–Kier alpha value is -1.10. The number of hydrogen-bond acceptors (Lipinski definition) is 3. The Balaban J connectivity index is 0.00000144. The maximum Gasteiger partial charge on any atom is 0.147 e. The normalized spacial score (nSPS) is 11.3. The van der Waals surface area contributed by atoms with Crippen molar-refractivity contribution >= 4 is 35.7 Å².